The molecule has 4 heterocycles. The Kier molecular flexibility index (Phi) is 2.98. The molecule has 4 aromatic rings. The Morgan fingerprint density at radius 2 is 2.04 bits per heavy atom. The molecule has 5 rings (SSSR count). The van der Waals surface area contributed by atoms with Gasteiger partial charge in [-0.15, -0.1) is 5.10 Å². The summed E-state index contributed by atoms with van der Waals surface area (Å²) in [5.74, 6) is 1.11. The number of fused-ring (bicyclic) bond motifs is 4. The van der Waals surface area contributed by atoms with Crippen molar-refractivity contribution in [3.8, 4) is 0 Å². The summed E-state index contributed by atoms with van der Waals surface area (Å²) in [7, 11) is 0. The van der Waals surface area contributed by atoms with Gasteiger partial charge in [0.05, 0.1) is 17.8 Å². The highest BCUT2D eigenvalue weighted by Crippen LogP contribution is 2.24. The van der Waals surface area contributed by atoms with E-state index < -0.39 is 0 Å². The van der Waals surface area contributed by atoms with Crippen molar-refractivity contribution in [2.24, 2.45) is 0 Å². The number of anilines is 1. The number of aromatic nitrogens is 5. The molecule has 0 spiro atoms. The Balaban J connectivity index is 1.54. The van der Waals surface area contributed by atoms with Gasteiger partial charge in [0.2, 0.25) is 5.95 Å². The molecule has 0 amide bonds. The van der Waals surface area contributed by atoms with Crippen LogP contribution in [0.25, 0.3) is 16.6 Å². The van der Waals surface area contributed by atoms with Crippen molar-refractivity contribution in [2.45, 2.75) is 26.6 Å². The molecule has 0 aliphatic carbocycles. The maximum Gasteiger partial charge on any atom is 0.223 e. The van der Waals surface area contributed by atoms with Crippen molar-refractivity contribution in [3.05, 3.63) is 59.2 Å². The van der Waals surface area contributed by atoms with Gasteiger partial charge >= 0.3 is 0 Å². The van der Waals surface area contributed by atoms with Crippen LogP contribution in [-0.4, -0.2) is 29.5 Å². The molecule has 1 aliphatic rings. The van der Waals surface area contributed by atoms with Crippen LogP contribution in [0.1, 0.15) is 22.6 Å². The first kappa shape index (κ1) is 14.3. The Morgan fingerprint density at radius 1 is 1.12 bits per heavy atom. The van der Waals surface area contributed by atoms with E-state index in [0.717, 1.165) is 46.7 Å². The number of aryl methyl sites for hydroxylation is 1. The molecule has 0 saturated heterocycles. The fourth-order valence-electron chi connectivity index (χ4n) is 3.48. The predicted molar refractivity (Wildman–Crippen MR) is 94.6 cm³/mol. The van der Waals surface area contributed by atoms with Crippen molar-refractivity contribution in [1.82, 2.24) is 29.5 Å². The van der Waals surface area contributed by atoms with E-state index in [-0.39, 0.29) is 0 Å². The number of nitrogen functional groups attached to an aromatic ring is 1. The van der Waals surface area contributed by atoms with E-state index in [1.54, 1.807) is 4.52 Å². The predicted octanol–water partition coefficient (Wildman–Crippen LogP) is 2.08. The minimum absolute atomic E-state index is 0.363. The van der Waals surface area contributed by atoms with Gasteiger partial charge < -0.3 is 5.73 Å². The Morgan fingerprint density at radius 3 is 2.92 bits per heavy atom. The van der Waals surface area contributed by atoms with Crippen molar-refractivity contribution in [2.75, 3.05) is 5.73 Å². The van der Waals surface area contributed by atoms with Gasteiger partial charge in [0.1, 0.15) is 0 Å². The Bertz CT molecular complexity index is 1090. The molecular weight excluding hydrogens is 314 g/mol. The van der Waals surface area contributed by atoms with Crippen molar-refractivity contribution in [3.63, 3.8) is 0 Å². The van der Waals surface area contributed by atoms with E-state index in [9.17, 15) is 0 Å². The largest absolute Gasteiger partial charge is 0.368 e. The molecule has 0 atom stereocenters. The molecule has 0 bridgehead atoms. The van der Waals surface area contributed by atoms with Crippen molar-refractivity contribution < 1.29 is 0 Å². The van der Waals surface area contributed by atoms with Crippen LogP contribution in [0.2, 0.25) is 0 Å². The molecular formula is C18H17N7. The minimum atomic E-state index is 0.363. The molecule has 0 fully saturated rings. The molecule has 124 valence electrons. The molecule has 0 radical (unpaired) electrons. The lowest BCUT2D eigenvalue weighted by Gasteiger charge is -2.10. The average molecular weight is 331 g/mol. The molecule has 3 aromatic heterocycles. The number of rotatable bonds is 2. The molecule has 1 aromatic carbocycles. The highest BCUT2D eigenvalue weighted by atomic mass is 15.4. The molecule has 1 aliphatic heterocycles. The first-order valence-electron chi connectivity index (χ1n) is 8.24. The molecule has 7 nitrogen and oxygen atoms in total. The smallest absolute Gasteiger partial charge is 0.223 e. The number of para-hydroxylation sites is 1. The summed E-state index contributed by atoms with van der Waals surface area (Å²) in [5.41, 5.74) is 11.2. The lowest BCUT2D eigenvalue weighted by Crippen LogP contribution is -2.16. The zero-order valence-corrected chi connectivity index (χ0v) is 13.8. The highest BCUT2D eigenvalue weighted by molar-refractivity contribution is 5.93. The minimum Gasteiger partial charge on any atom is -0.368 e. The lowest BCUT2D eigenvalue weighted by atomic mass is 10.1. The van der Waals surface area contributed by atoms with E-state index in [0.29, 0.717) is 12.5 Å². The molecule has 25 heavy (non-hydrogen) atoms. The topological polar surface area (TPSA) is 85.2 Å². The quantitative estimate of drug-likeness (QED) is 0.605. The lowest BCUT2D eigenvalue weighted by molar-refractivity contribution is 0.267. The zero-order valence-electron chi connectivity index (χ0n) is 13.8. The van der Waals surface area contributed by atoms with E-state index in [1.807, 2.05) is 37.4 Å². The van der Waals surface area contributed by atoms with Crippen LogP contribution < -0.4 is 5.73 Å². The Labute approximate surface area is 144 Å². The highest BCUT2D eigenvalue weighted by Gasteiger charge is 2.22. The summed E-state index contributed by atoms with van der Waals surface area (Å²) < 4.78 is 1.64. The zero-order chi connectivity index (χ0) is 17.0. The third kappa shape index (κ3) is 2.24. The number of benzene rings is 1. The number of nitrogens with zero attached hydrogens (tertiary/aromatic N) is 6. The number of hydrogen-bond acceptors (Lipinski definition) is 6. The summed E-state index contributed by atoms with van der Waals surface area (Å²) in [5, 5.41) is 5.55. The summed E-state index contributed by atoms with van der Waals surface area (Å²) >= 11 is 0. The van der Waals surface area contributed by atoms with Gasteiger partial charge in [0.15, 0.2) is 11.5 Å². The number of hydrogen-bond donors (Lipinski definition) is 1. The second-order valence-corrected chi connectivity index (χ2v) is 6.46. The maximum atomic E-state index is 6.11. The normalized spacial score (nSPS) is 14.4. The van der Waals surface area contributed by atoms with Gasteiger partial charge in [0, 0.05) is 24.7 Å². The number of pyridine rings is 1. The third-order valence-electron chi connectivity index (χ3n) is 4.69. The van der Waals surface area contributed by atoms with E-state index >= 15 is 0 Å². The summed E-state index contributed by atoms with van der Waals surface area (Å²) in [6.07, 6.45) is 1.84. The molecule has 2 N–H and O–H groups in total. The SMILES string of the molecule is Cc1cccc2c1nc(N)n1nc(CN3Cc4cccnc4C3)nc21. The summed E-state index contributed by atoms with van der Waals surface area (Å²) in [6.45, 7) is 4.37. The number of nitrogens with two attached hydrogens (primary N) is 1. The van der Waals surface area contributed by atoms with E-state index in [2.05, 4.69) is 26.0 Å². The van der Waals surface area contributed by atoms with E-state index in [4.69, 9.17) is 10.7 Å². The standard InChI is InChI=1S/C18H17N7/c1-11-4-2-6-13-16(11)22-18(19)25-17(13)21-15(23-25)10-24-8-12-5-3-7-20-14(12)9-24/h2-7H,8-10H2,1H3,(H2,19,22). The van der Waals surface area contributed by atoms with Crippen LogP contribution in [0, 0.1) is 6.92 Å². The first-order chi connectivity index (χ1) is 12.2. The van der Waals surface area contributed by atoms with Gasteiger partial charge in [0.25, 0.3) is 0 Å². The monoisotopic (exact) mass is 331 g/mol. The Hall–Kier alpha value is -3.06. The second kappa shape index (κ2) is 5.22. The van der Waals surface area contributed by atoms with Crippen LogP contribution in [0.3, 0.4) is 0 Å². The average Bonchev–Trinajstić information content (AvgIpc) is 3.20. The van der Waals surface area contributed by atoms with Gasteiger partial charge in [-0.1, -0.05) is 18.2 Å². The first-order valence-corrected chi connectivity index (χ1v) is 8.24. The van der Waals surface area contributed by atoms with Crippen LogP contribution in [-0.2, 0) is 19.6 Å². The summed E-state index contributed by atoms with van der Waals surface area (Å²) in [6, 6.07) is 10.1. The second-order valence-electron chi connectivity index (χ2n) is 6.46. The molecule has 0 unspecified atom stereocenters. The van der Waals surface area contributed by atoms with Gasteiger partial charge in [-0.05, 0) is 30.2 Å². The fraction of sp³-hybridized carbons (Fsp3) is 0.222. The van der Waals surface area contributed by atoms with Gasteiger partial charge in [-0.3, -0.25) is 9.88 Å². The fourth-order valence-corrected chi connectivity index (χ4v) is 3.48. The van der Waals surface area contributed by atoms with Gasteiger partial charge in [-0.2, -0.15) is 4.52 Å². The maximum absolute atomic E-state index is 6.11. The van der Waals surface area contributed by atoms with Crippen LogP contribution in [0.4, 0.5) is 5.95 Å². The van der Waals surface area contributed by atoms with E-state index in [1.165, 1.54) is 5.56 Å². The molecule has 0 saturated carbocycles. The van der Waals surface area contributed by atoms with Crippen LogP contribution in [0.5, 0.6) is 0 Å². The summed E-state index contributed by atoms with van der Waals surface area (Å²) in [4.78, 5) is 16.0. The van der Waals surface area contributed by atoms with Crippen molar-refractivity contribution in [1.29, 1.82) is 0 Å². The van der Waals surface area contributed by atoms with Crippen molar-refractivity contribution >= 4 is 22.5 Å². The van der Waals surface area contributed by atoms with Crippen LogP contribution >= 0.6 is 0 Å². The molecule has 7 heteroatoms. The van der Waals surface area contributed by atoms with Gasteiger partial charge in [-0.25, -0.2) is 9.97 Å². The van der Waals surface area contributed by atoms with Crippen LogP contribution in [0.15, 0.2) is 36.5 Å². The third-order valence-corrected chi connectivity index (χ3v) is 4.69.